The molecule has 0 aromatic heterocycles. The van der Waals surface area contributed by atoms with Crippen LogP contribution in [0.15, 0.2) is 24.3 Å². The smallest absolute Gasteiger partial charge is 0.303 e. The first-order valence-electron chi connectivity index (χ1n) is 16.7. The van der Waals surface area contributed by atoms with E-state index in [1.807, 2.05) is 0 Å². The van der Waals surface area contributed by atoms with Crippen LogP contribution < -0.4 is 0 Å². The van der Waals surface area contributed by atoms with Gasteiger partial charge >= 0.3 is 11.9 Å². The first-order chi connectivity index (χ1) is 19.5. The minimum Gasteiger partial charge on any atom is -0.481 e. The van der Waals surface area contributed by atoms with Crippen molar-refractivity contribution in [1.29, 1.82) is 0 Å². The highest BCUT2D eigenvalue weighted by Gasteiger charge is 2.13. The van der Waals surface area contributed by atoms with E-state index < -0.39 is 11.9 Å². The molecule has 0 aliphatic heterocycles. The number of carboxylic acid groups (broad SMARTS) is 2. The Hall–Kier alpha value is -2.10. The van der Waals surface area contributed by atoms with Crippen LogP contribution in [0.25, 0.3) is 0 Å². The van der Waals surface area contributed by atoms with Gasteiger partial charge < -0.3 is 10.2 Å². The van der Waals surface area contributed by atoms with Gasteiger partial charge in [0.2, 0.25) is 0 Å². The Morgan fingerprint density at radius 2 is 1.00 bits per heavy atom. The summed E-state index contributed by atoms with van der Waals surface area (Å²) in [6.07, 6.45) is 30.4. The van der Waals surface area contributed by atoms with Crippen LogP contribution in [0.4, 0.5) is 0 Å². The fraction of sp³-hybridized carbons (Fsp3) is 0.722. The molecule has 1 rings (SSSR count). The molecule has 0 unspecified atom stereocenters. The summed E-state index contributed by atoms with van der Waals surface area (Å²) in [5, 5.41) is 17.8. The standard InChI is InChI=1S/C36H60O4/c1-3-5-7-9-13-19-25-33-31(23-17-8-6-4-2)29-30-32(24-18-12-10-15-21-27-35(37)38)34(33)26-20-14-11-16-22-28-36(39)40/h13,19,29-30H,3-12,14-18,20-28H2,1-2H3,(H,37,38)(H,39,40). The molecule has 0 heterocycles. The Labute approximate surface area is 246 Å². The second-order valence-corrected chi connectivity index (χ2v) is 11.6. The van der Waals surface area contributed by atoms with E-state index in [-0.39, 0.29) is 12.8 Å². The predicted molar refractivity (Wildman–Crippen MR) is 169 cm³/mol. The molecule has 4 heteroatoms. The molecule has 1 aromatic carbocycles. The molecule has 0 saturated carbocycles. The van der Waals surface area contributed by atoms with Crippen LogP contribution in [0.1, 0.15) is 165 Å². The molecule has 1 aromatic rings. The summed E-state index contributed by atoms with van der Waals surface area (Å²) in [7, 11) is 0. The molecule has 0 atom stereocenters. The van der Waals surface area contributed by atoms with E-state index in [9.17, 15) is 9.59 Å². The zero-order chi connectivity index (χ0) is 29.3. The van der Waals surface area contributed by atoms with Gasteiger partial charge in [0.1, 0.15) is 0 Å². The normalized spacial score (nSPS) is 11.4. The predicted octanol–water partition coefficient (Wildman–Crippen LogP) is 10.4. The molecule has 4 nitrogen and oxygen atoms in total. The van der Waals surface area contributed by atoms with Crippen LogP contribution in [-0.2, 0) is 35.3 Å². The van der Waals surface area contributed by atoms with Crippen molar-refractivity contribution in [3.63, 3.8) is 0 Å². The third kappa shape index (κ3) is 18.3. The topological polar surface area (TPSA) is 74.6 Å². The molecule has 228 valence electrons. The number of unbranched alkanes of at least 4 members (excludes halogenated alkanes) is 14. The number of carbonyl (C=O) groups is 2. The number of aryl methyl sites for hydroxylation is 2. The lowest BCUT2D eigenvalue weighted by molar-refractivity contribution is -0.138. The SMILES string of the molecule is CCCCCC=CCc1c(CCCCCC)ccc(CCCCCCCC(=O)O)c1CCCCCCCC(=O)O. The lowest BCUT2D eigenvalue weighted by Crippen LogP contribution is -2.06. The summed E-state index contributed by atoms with van der Waals surface area (Å²) >= 11 is 0. The maximum absolute atomic E-state index is 10.8. The van der Waals surface area contributed by atoms with Crippen LogP contribution in [-0.4, -0.2) is 22.2 Å². The third-order valence-electron chi connectivity index (χ3n) is 8.04. The van der Waals surface area contributed by atoms with Crippen molar-refractivity contribution in [2.75, 3.05) is 0 Å². The van der Waals surface area contributed by atoms with Gasteiger partial charge in [0.15, 0.2) is 0 Å². The van der Waals surface area contributed by atoms with Crippen molar-refractivity contribution < 1.29 is 19.8 Å². The largest absolute Gasteiger partial charge is 0.481 e. The zero-order valence-corrected chi connectivity index (χ0v) is 26.0. The highest BCUT2D eigenvalue weighted by Crippen LogP contribution is 2.27. The van der Waals surface area contributed by atoms with Gasteiger partial charge in [0, 0.05) is 12.8 Å². The second kappa shape index (κ2) is 24.7. The minimum atomic E-state index is -0.687. The molecule has 0 aliphatic carbocycles. The number of hydrogen-bond donors (Lipinski definition) is 2. The van der Waals surface area contributed by atoms with E-state index in [1.165, 1.54) is 69.8 Å². The Kier molecular flexibility index (Phi) is 22.2. The van der Waals surface area contributed by atoms with Crippen LogP contribution in [0.2, 0.25) is 0 Å². The molecule has 0 bridgehead atoms. The molecule has 0 aliphatic rings. The molecule has 0 radical (unpaired) electrons. The van der Waals surface area contributed by atoms with Gasteiger partial charge in [0.05, 0.1) is 0 Å². The average molecular weight is 557 g/mol. The maximum atomic E-state index is 10.8. The van der Waals surface area contributed by atoms with E-state index in [4.69, 9.17) is 10.2 Å². The third-order valence-corrected chi connectivity index (χ3v) is 8.04. The molecule has 0 spiro atoms. The van der Waals surface area contributed by atoms with E-state index in [0.29, 0.717) is 0 Å². The summed E-state index contributed by atoms with van der Waals surface area (Å²) in [5.41, 5.74) is 6.22. The molecule has 0 amide bonds. The minimum absolute atomic E-state index is 0.287. The van der Waals surface area contributed by atoms with Crippen LogP contribution in [0.3, 0.4) is 0 Å². The Morgan fingerprint density at radius 1 is 0.550 bits per heavy atom. The van der Waals surface area contributed by atoms with Gasteiger partial charge in [-0.1, -0.05) is 109 Å². The zero-order valence-electron chi connectivity index (χ0n) is 26.0. The number of carboxylic acids is 2. The van der Waals surface area contributed by atoms with Crippen molar-refractivity contribution in [2.45, 2.75) is 168 Å². The van der Waals surface area contributed by atoms with Crippen molar-refractivity contribution in [2.24, 2.45) is 0 Å². The first kappa shape index (κ1) is 35.9. The highest BCUT2D eigenvalue weighted by atomic mass is 16.4. The number of allylic oxidation sites excluding steroid dienone is 2. The fourth-order valence-corrected chi connectivity index (χ4v) is 5.63. The molecular formula is C36H60O4. The number of benzene rings is 1. The number of hydrogen-bond acceptors (Lipinski definition) is 2. The number of aliphatic carboxylic acids is 2. The summed E-state index contributed by atoms with van der Waals surface area (Å²) in [4.78, 5) is 21.6. The Bertz CT molecular complexity index is 826. The van der Waals surface area contributed by atoms with Crippen molar-refractivity contribution in [1.82, 2.24) is 0 Å². The van der Waals surface area contributed by atoms with Gasteiger partial charge in [-0.25, -0.2) is 0 Å². The van der Waals surface area contributed by atoms with E-state index >= 15 is 0 Å². The molecular weight excluding hydrogens is 496 g/mol. The average Bonchev–Trinajstić information content (AvgIpc) is 2.92. The Morgan fingerprint density at radius 3 is 1.55 bits per heavy atom. The van der Waals surface area contributed by atoms with E-state index in [1.54, 1.807) is 16.7 Å². The molecule has 2 N–H and O–H groups in total. The quantitative estimate of drug-likeness (QED) is 0.0835. The second-order valence-electron chi connectivity index (χ2n) is 11.6. The van der Waals surface area contributed by atoms with E-state index in [2.05, 4.69) is 38.1 Å². The molecule has 0 fully saturated rings. The first-order valence-corrected chi connectivity index (χ1v) is 16.7. The van der Waals surface area contributed by atoms with Crippen molar-refractivity contribution >= 4 is 11.9 Å². The van der Waals surface area contributed by atoms with Crippen molar-refractivity contribution in [3.05, 3.63) is 46.5 Å². The highest BCUT2D eigenvalue weighted by molar-refractivity contribution is 5.66. The molecule has 40 heavy (non-hydrogen) atoms. The monoisotopic (exact) mass is 556 g/mol. The summed E-state index contributed by atoms with van der Waals surface area (Å²) in [5.74, 6) is -1.37. The van der Waals surface area contributed by atoms with Crippen molar-refractivity contribution in [3.8, 4) is 0 Å². The van der Waals surface area contributed by atoms with E-state index in [0.717, 1.165) is 77.0 Å². The van der Waals surface area contributed by atoms with Gasteiger partial charge in [-0.05, 0) is 92.9 Å². The fourth-order valence-electron chi connectivity index (χ4n) is 5.63. The lowest BCUT2D eigenvalue weighted by Gasteiger charge is -2.19. The van der Waals surface area contributed by atoms with Crippen LogP contribution in [0, 0.1) is 0 Å². The summed E-state index contributed by atoms with van der Waals surface area (Å²) < 4.78 is 0. The summed E-state index contributed by atoms with van der Waals surface area (Å²) in [6.45, 7) is 4.53. The van der Waals surface area contributed by atoms with Gasteiger partial charge in [-0.2, -0.15) is 0 Å². The number of rotatable bonds is 27. The summed E-state index contributed by atoms with van der Waals surface area (Å²) in [6, 6.07) is 4.83. The molecule has 0 saturated heterocycles. The van der Waals surface area contributed by atoms with Gasteiger partial charge in [0.25, 0.3) is 0 Å². The van der Waals surface area contributed by atoms with Gasteiger partial charge in [-0.3, -0.25) is 9.59 Å². The lowest BCUT2D eigenvalue weighted by atomic mass is 9.86. The van der Waals surface area contributed by atoms with Crippen LogP contribution >= 0.6 is 0 Å². The maximum Gasteiger partial charge on any atom is 0.303 e. The van der Waals surface area contributed by atoms with Crippen LogP contribution in [0.5, 0.6) is 0 Å². The Balaban J connectivity index is 2.94. The van der Waals surface area contributed by atoms with Gasteiger partial charge in [-0.15, -0.1) is 0 Å².